The summed E-state index contributed by atoms with van der Waals surface area (Å²) in [5.41, 5.74) is 0.577. The van der Waals surface area contributed by atoms with Crippen molar-refractivity contribution < 1.29 is 0 Å². The van der Waals surface area contributed by atoms with Crippen molar-refractivity contribution in [1.29, 1.82) is 0 Å². The molecule has 3 heteroatoms. The molecule has 0 amide bonds. The van der Waals surface area contributed by atoms with Crippen LogP contribution in [0.2, 0.25) is 0 Å². The lowest BCUT2D eigenvalue weighted by Gasteiger charge is -2.36. The summed E-state index contributed by atoms with van der Waals surface area (Å²) < 4.78 is 1.27. The quantitative estimate of drug-likeness (QED) is 0.643. The molecule has 2 fully saturated rings. The number of rotatable bonds is 3. The van der Waals surface area contributed by atoms with Crippen LogP contribution in [0.1, 0.15) is 30.6 Å². The summed E-state index contributed by atoms with van der Waals surface area (Å²) in [6.07, 6.45) is 7.21. The third kappa shape index (κ3) is 1.93. The molecule has 0 aromatic carbocycles. The molecular weight excluding hydrogens is 348 g/mol. The molecule has 2 aliphatic carbocycles. The number of thiophene rings is 1. The summed E-state index contributed by atoms with van der Waals surface area (Å²) in [6.45, 7) is 0. The van der Waals surface area contributed by atoms with Crippen molar-refractivity contribution in [3.05, 3.63) is 20.8 Å². The standard InChI is InChI=1S/C13H16Br2S/c14-8-13(6-9-1-2-10(13)5-9)7-11-3-4-12(15)16-11/h3-4,9-10H,1-2,5-8H2. The van der Waals surface area contributed by atoms with Crippen molar-refractivity contribution in [2.24, 2.45) is 17.3 Å². The van der Waals surface area contributed by atoms with E-state index in [0.29, 0.717) is 5.41 Å². The molecule has 0 aliphatic heterocycles. The van der Waals surface area contributed by atoms with Crippen LogP contribution in [-0.4, -0.2) is 5.33 Å². The summed E-state index contributed by atoms with van der Waals surface area (Å²) in [4.78, 5) is 1.55. The Hall–Kier alpha value is 0.660. The molecule has 1 aromatic rings. The first-order chi connectivity index (χ1) is 7.72. The molecule has 3 unspecified atom stereocenters. The van der Waals surface area contributed by atoms with Crippen molar-refractivity contribution in [3.8, 4) is 0 Å². The number of halogens is 2. The SMILES string of the molecule is BrCC1(Cc2ccc(Br)s2)CC2CCC1C2. The van der Waals surface area contributed by atoms with E-state index < -0.39 is 0 Å². The highest BCUT2D eigenvalue weighted by atomic mass is 79.9. The molecule has 3 rings (SSSR count). The zero-order valence-electron chi connectivity index (χ0n) is 9.22. The summed E-state index contributed by atoms with van der Waals surface area (Å²) in [6, 6.07) is 4.49. The lowest BCUT2D eigenvalue weighted by atomic mass is 9.72. The molecule has 0 nitrogen and oxygen atoms in total. The van der Waals surface area contributed by atoms with Crippen LogP contribution >= 0.6 is 43.2 Å². The van der Waals surface area contributed by atoms with E-state index in [1.807, 2.05) is 11.3 Å². The van der Waals surface area contributed by atoms with Crippen LogP contribution in [0.4, 0.5) is 0 Å². The van der Waals surface area contributed by atoms with Crippen molar-refractivity contribution >= 4 is 43.2 Å². The van der Waals surface area contributed by atoms with E-state index in [1.54, 1.807) is 4.88 Å². The Balaban J connectivity index is 1.81. The molecule has 2 saturated carbocycles. The minimum Gasteiger partial charge on any atom is -0.133 e. The van der Waals surface area contributed by atoms with Gasteiger partial charge < -0.3 is 0 Å². The maximum absolute atomic E-state index is 3.79. The van der Waals surface area contributed by atoms with E-state index in [0.717, 1.165) is 11.8 Å². The van der Waals surface area contributed by atoms with Crippen molar-refractivity contribution in [3.63, 3.8) is 0 Å². The van der Waals surface area contributed by atoms with Crippen LogP contribution in [-0.2, 0) is 6.42 Å². The predicted octanol–water partition coefficient (Wildman–Crippen LogP) is 5.25. The molecule has 0 radical (unpaired) electrons. The number of fused-ring (bicyclic) bond motifs is 2. The first kappa shape index (κ1) is 11.7. The average Bonchev–Trinajstić information content (AvgIpc) is 2.94. The summed E-state index contributed by atoms with van der Waals surface area (Å²) in [5.74, 6) is 2.02. The average molecular weight is 364 g/mol. The van der Waals surface area contributed by atoms with Gasteiger partial charge >= 0.3 is 0 Å². The summed E-state index contributed by atoms with van der Waals surface area (Å²) in [7, 11) is 0. The van der Waals surface area contributed by atoms with Crippen LogP contribution in [0.5, 0.6) is 0 Å². The predicted molar refractivity (Wildman–Crippen MR) is 77.4 cm³/mol. The fraction of sp³-hybridized carbons (Fsp3) is 0.692. The van der Waals surface area contributed by atoms with Gasteiger partial charge in [-0.1, -0.05) is 22.4 Å². The third-order valence-electron chi connectivity index (χ3n) is 4.52. The van der Waals surface area contributed by atoms with E-state index in [2.05, 4.69) is 44.0 Å². The van der Waals surface area contributed by atoms with E-state index in [4.69, 9.17) is 0 Å². The molecule has 2 aliphatic rings. The Morgan fingerprint density at radius 1 is 1.38 bits per heavy atom. The van der Waals surface area contributed by atoms with E-state index in [-0.39, 0.29) is 0 Å². The second-order valence-electron chi connectivity index (χ2n) is 5.46. The maximum atomic E-state index is 3.79. The van der Waals surface area contributed by atoms with E-state index >= 15 is 0 Å². The first-order valence-electron chi connectivity index (χ1n) is 6.02. The Labute approximate surface area is 118 Å². The molecule has 0 N–H and O–H groups in total. The Morgan fingerprint density at radius 3 is 2.75 bits per heavy atom. The number of hydrogen-bond donors (Lipinski definition) is 0. The summed E-state index contributed by atoms with van der Waals surface area (Å²) >= 11 is 9.27. The highest BCUT2D eigenvalue weighted by molar-refractivity contribution is 9.11. The van der Waals surface area contributed by atoms with Gasteiger partial charge in [-0.25, -0.2) is 0 Å². The van der Waals surface area contributed by atoms with Gasteiger partial charge in [-0.3, -0.25) is 0 Å². The van der Waals surface area contributed by atoms with Gasteiger partial charge in [-0.05, 0) is 71.0 Å². The second-order valence-corrected chi connectivity index (χ2v) is 8.57. The maximum Gasteiger partial charge on any atom is 0.0701 e. The molecule has 0 spiro atoms. The molecule has 0 saturated heterocycles. The first-order valence-corrected chi connectivity index (χ1v) is 8.75. The third-order valence-corrected chi connectivity index (χ3v) is 7.26. The molecular formula is C13H16Br2S. The van der Waals surface area contributed by atoms with Gasteiger partial charge in [-0.2, -0.15) is 0 Å². The van der Waals surface area contributed by atoms with Crippen LogP contribution in [0.15, 0.2) is 15.9 Å². The summed E-state index contributed by atoms with van der Waals surface area (Å²) in [5, 5.41) is 1.19. The Bertz CT molecular complexity index is 387. The Morgan fingerprint density at radius 2 is 2.25 bits per heavy atom. The van der Waals surface area contributed by atoms with Gasteiger partial charge in [0.05, 0.1) is 3.79 Å². The number of alkyl halides is 1. The topological polar surface area (TPSA) is 0 Å². The van der Waals surface area contributed by atoms with Crippen LogP contribution < -0.4 is 0 Å². The zero-order chi connectivity index (χ0) is 11.2. The fourth-order valence-electron chi connectivity index (χ4n) is 3.78. The van der Waals surface area contributed by atoms with Gasteiger partial charge in [0.2, 0.25) is 0 Å². The minimum atomic E-state index is 0.577. The zero-order valence-corrected chi connectivity index (χ0v) is 13.2. The van der Waals surface area contributed by atoms with Gasteiger partial charge in [0.25, 0.3) is 0 Å². The van der Waals surface area contributed by atoms with Crippen molar-refractivity contribution in [1.82, 2.24) is 0 Å². The van der Waals surface area contributed by atoms with E-state index in [9.17, 15) is 0 Å². The highest BCUT2D eigenvalue weighted by Gasteiger charge is 2.50. The molecule has 1 aromatic heterocycles. The fourth-order valence-corrected chi connectivity index (χ4v) is 6.30. The number of hydrogen-bond acceptors (Lipinski definition) is 1. The molecule has 1 heterocycles. The minimum absolute atomic E-state index is 0.577. The molecule has 88 valence electrons. The smallest absolute Gasteiger partial charge is 0.0701 e. The van der Waals surface area contributed by atoms with Gasteiger partial charge in [-0.15, -0.1) is 11.3 Å². The van der Waals surface area contributed by atoms with Gasteiger partial charge in [0.1, 0.15) is 0 Å². The lowest BCUT2D eigenvalue weighted by Crippen LogP contribution is -2.31. The molecule has 3 atom stereocenters. The Kier molecular flexibility index (Phi) is 3.23. The molecule has 16 heavy (non-hydrogen) atoms. The van der Waals surface area contributed by atoms with Crippen molar-refractivity contribution in [2.75, 3.05) is 5.33 Å². The monoisotopic (exact) mass is 362 g/mol. The lowest BCUT2D eigenvalue weighted by molar-refractivity contribution is 0.198. The van der Waals surface area contributed by atoms with E-state index in [1.165, 1.54) is 41.2 Å². The van der Waals surface area contributed by atoms with Crippen LogP contribution in [0.3, 0.4) is 0 Å². The normalized spacial score (nSPS) is 37.1. The highest BCUT2D eigenvalue weighted by Crippen LogP contribution is 2.58. The van der Waals surface area contributed by atoms with Crippen LogP contribution in [0.25, 0.3) is 0 Å². The van der Waals surface area contributed by atoms with Crippen molar-refractivity contribution in [2.45, 2.75) is 32.1 Å². The second kappa shape index (κ2) is 4.40. The largest absolute Gasteiger partial charge is 0.133 e. The van der Waals surface area contributed by atoms with Gasteiger partial charge in [0.15, 0.2) is 0 Å². The molecule has 2 bridgehead atoms. The van der Waals surface area contributed by atoms with Crippen LogP contribution in [0, 0.1) is 17.3 Å². The van der Waals surface area contributed by atoms with Gasteiger partial charge in [0, 0.05) is 10.2 Å².